The molecule has 0 saturated carbocycles. The summed E-state index contributed by atoms with van der Waals surface area (Å²) in [6.45, 7) is 5.28. The second-order valence-corrected chi connectivity index (χ2v) is 11.1. The second-order valence-electron chi connectivity index (χ2n) is 11.1. The maximum atomic E-state index is 16.5. The van der Waals surface area contributed by atoms with Crippen molar-refractivity contribution in [3.8, 4) is 17.3 Å². The fourth-order valence-electron chi connectivity index (χ4n) is 6.57. The van der Waals surface area contributed by atoms with Crippen LogP contribution in [0, 0.1) is 12.7 Å². The van der Waals surface area contributed by atoms with Gasteiger partial charge in [-0.15, -0.1) is 0 Å². The fraction of sp³-hybridized carbons (Fsp3) is 0.433. The summed E-state index contributed by atoms with van der Waals surface area (Å²) >= 11 is 0. The first-order valence-electron chi connectivity index (χ1n) is 13.7. The molecule has 2 aromatic heterocycles. The number of aryl methyl sites for hydroxylation is 1. The zero-order valence-electron chi connectivity index (χ0n) is 22.0. The van der Waals surface area contributed by atoms with Gasteiger partial charge in [0.1, 0.15) is 23.6 Å². The molecule has 38 heavy (non-hydrogen) atoms. The van der Waals surface area contributed by atoms with Crippen LogP contribution in [0.4, 0.5) is 10.2 Å². The van der Waals surface area contributed by atoms with Crippen molar-refractivity contribution in [3.63, 3.8) is 0 Å². The number of rotatable bonds is 5. The third kappa shape index (κ3) is 4.07. The van der Waals surface area contributed by atoms with Crippen LogP contribution in [0.5, 0.6) is 6.01 Å². The minimum Gasteiger partial charge on any atom is -0.462 e. The molecule has 3 aliphatic heterocycles. The van der Waals surface area contributed by atoms with E-state index in [-0.39, 0.29) is 11.5 Å². The number of benzene rings is 2. The summed E-state index contributed by atoms with van der Waals surface area (Å²) in [5, 5.41) is 6.38. The van der Waals surface area contributed by atoms with E-state index in [2.05, 4.69) is 57.3 Å². The van der Waals surface area contributed by atoms with Crippen molar-refractivity contribution in [2.24, 2.45) is 0 Å². The molecule has 2 aromatic carbocycles. The van der Waals surface area contributed by atoms with E-state index >= 15 is 4.39 Å². The summed E-state index contributed by atoms with van der Waals surface area (Å²) in [6.07, 6.45) is 6.29. The first-order valence-corrected chi connectivity index (χ1v) is 13.7. The molecule has 196 valence electrons. The molecule has 8 heteroatoms. The Kier molecular flexibility index (Phi) is 5.89. The molecule has 0 amide bonds. The Morgan fingerprint density at radius 3 is 2.61 bits per heavy atom. The predicted molar refractivity (Wildman–Crippen MR) is 148 cm³/mol. The van der Waals surface area contributed by atoms with Crippen LogP contribution in [-0.4, -0.2) is 71.3 Å². The lowest BCUT2D eigenvalue weighted by molar-refractivity contribution is 0.188. The first-order chi connectivity index (χ1) is 18.5. The molecule has 3 aliphatic rings. The minimum absolute atomic E-state index is 0.240. The van der Waals surface area contributed by atoms with Crippen LogP contribution in [0.1, 0.15) is 31.2 Å². The van der Waals surface area contributed by atoms with Crippen molar-refractivity contribution in [1.29, 1.82) is 0 Å². The van der Waals surface area contributed by atoms with Gasteiger partial charge in [0.2, 0.25) is 0 Å². The van der Waals surface area contributed by atoms with E-state index in [0.29, 0.717) is 35.8 Å². The highest BCUT2D eigenvalue weighted by molar-refractivity contribution is 6.00. The predicted octanol–water partition coefficient (Wildman–Crippen LogP) is 4.71. The van der Waals surface area contributed by atoms with Crippen LogP contribution in [0.3, 0.4) is 0 Å². The lowest BCUT2D eigenvalue weighted by atomic mass is 9.97. The van der Waals surface area contributed by atoms with Crippen molar-refractivity contribution < 1.29 is 9.13 Å². The van der Waals surface area contributed by atoms with E-state index in [1.165, 1.54) is 0 Å². The molecule has 4 aromatic rings. The molecule has 0 aliphatic carbocycles. The van der Waals surface area contributed by atoms with Crippen molar-refractivity contribution in [2.45, 2.75) is 50.7 Å². The molecule has 2 bridgehead atoms. The number of nitrogens with zero attached hydrogens (tertiary/aromatic N) is 5. The Balaban J connectivity index is 1.36. The first kappa shape index (κ1) is 23.7. The number of piperazine rings is 1. The summed E-state index contributed by atoms with van der Waals surface area (Å²) in [5.74, 6) is 0.290. The Morgan fingerprint density at radius 1 is 1.05 bits per heavy atom. The van der Waals surface area contributed by atoms with Gasteiger partial charge in [0, 0.05) is 43.0 Å². The summed E-state index contributed by atoms with van der Waals surface area (Å²) in [5.41, 5.74) is 2.44. The number of nitrogens with one attached hydrogen (secondary N) is 1. The number of fused-ring (bicyclic) bond motifs is 4. The molecule has 5 heterocycles. The van der Waals surface area contributed by atoms with E-state index in [0.717, 1.165) is 73.0 Å². The Bertz CT molecular complexity index is 1510. The zero-order chi connectivity index (χ0) is 25.8. The highest BCUT2D eigenvalue weighted by Crippen LogP contribution is 2.37. The number of likely N-dealkylation sites (N-methyl/N-ethyl adjacent to an activating group) is 1. The molecule has 0 radical (unpaired) electrons. The van der Waals surface area contributed by atoms with Crippen LogP contribution < -0.4 is 15.0 Å². The third-order valence-electron chi connectivity index (χ3n) is 8.60. The van der Waals surface area contributed by atoms with E-state index in [4.69, 9.17) is 9.72 Å². The van der Waals surface area contributed by atoms with Gasteiger partial charge < -0.3 is 19.9 Å². The maximum absolute atomic E-state index is 16.5. The van der Waals surface area contributed by atoms with Crippen LogP contribution in [0.25, 0.3) is 32.9 Å². The van der Waals surface area contributed by atoms with Gasteiger partial charge in [-0.2, -0.15) is 9.97 Å². The third-order valence-corrected chi connectivity index (χ3v) is 8.60. The summed E-state index contributed by atoms with van der Waals surface area (Å²) in [6, 6.07) is 13.5. The van der Waals surface area contributed by atoms with Gasteiger partial charge in [-0.05, 0) is 62.5 Å². The monoisotopic (exact) mass is 512 g/mol. The van der Waals surface area contributed by atoms with E-state index in [9.17, 15) is 0 Å². The van der Waals surface area contributed by atoms with Crippen LogP contribution in [-0.2, 0) is 0 Å². The molecule has 3 saturated heterocycles. The SMILES string of the molecule is Cc1cccc2cccc(-c3ncc4c(N5C[C@H]6CC[C@@H](C5)N6)nc(OCC5CCCN5C)nc4c3F)c12. The highest BCUT2D eigenvalue weighted by atomic mass is 19.1. The molecule has 0 spiro atoms. The average molecular weight is 513 g/mol. The minimum atomic E-state index is -0.428. The number of pyridine rings is 1. The van der Waals surface area contributed by atoms with Crippen molar-refractivity contribution in [1.82, 2.24) is 25.2 Å². The number of likely N-dealkylation sites (tertiary alicyclic amines) is 1. The maximum Gasteiger partial charge on any atom is 0.319 e. The Labute approximate surface area is 222 Å². The smallest absolute Gasteiger partial charge is 0.319 e. The van der Waals surface area contributed by atoms with Gasteiger partial charge in [0.05, 0.1) is 5.39 Å². The van der Waals surface area contributed by atoms with E-state index < -0.39 is 5.82 Å². The second kappa shape index (κ2) is 9.43. The molecule has 7 nitrogen and oxygen atoms in total. The van der Waals surface area contributed by atoms with Crippen molar-refractivity contribution >= 4 is 27.5 Å². The molecule has 1 N–H and O–H groups in total. The van der Waals surface area contributed by atoms with Crippen LogP contribution >= 0.6 is 0 Å². The number of anilines is 1. The van der Waals surface area contributed by atoms with Gasteiger partial charge in [0.25, 0.3) is 0 Å². The number of halogens is 1. The lowest BCUT2D eigenvalue weighted by Gasteiger charge is -2.34. The fourth-order valence-corrected chi connectivity index (χ4v) is 6.57. The number of hydrogen-bond acceptors (Lipinski definition) is 7. The van der Waals surface area contributed by atoms with E-state index in [1.807, 2.05) is 18.2 Å². The largest absolute Gasteiger partial charge is 0.462 e. The normalized spacial score (nSPS) is 23.6. The zero-order valence-corrected chi connectivity index (χ0v) is 22.0. The topological polar surface area (TPSA) is 66.4 Å². The molecular weight excluding hydrogens is 479 g/mol. The molecule has 7 rings (SSSR count). The lowest BCUT2D eigenvalue weighted by Crippen LogP contribution is -2.51. The Morgan fingerprint density at radius 2 is 1.84 bits per heavy atom. The molecule has 1 unspecified atom stereocenters. The van der Waals surface area contributed by atoms with Gasteiger partial charge in [-0.25, -0.2) is 4.39 Å². The quantitative estimate of drug-likeness (QED) is 0.416. The van der Waals surface area contributed by atoms with Crippen LogP contribution in [0.2, 0.25) is 0 Å². The summed E-state index contributed by atoms with van der Waals surface area (Å²) < 4.78 is 22.6. The van der Waals surface area contributed by atoms with Crippen molar-refractivity contribution in [2.75, 3.05) is 38.2 Å². The summed E-state index contributed by atoms with van der Waals surface area (Å²) in [4.78, 5) is 18.8. The van der Waals surface area contributed by atoms with Gasteiger partial charge in [-0.3, -0.25) is 4.98 Å². The highest BCUT2D eigenvalue weighted by Gasteiger charge is 2.34. The van der Waals surface area contributed by atoms with Gasteiger partial charge in [-0.1, -0.05) is 36.4 Å². The van der Waals surface area contributed by atoms with Crippen LogP contribution in [0.15, 0.2) is 42.6 Å². The summed E-state index contributed by atoms with van der Waals surface area (Å²) in [7, 11) is 2.12. The average Bonchev–Trinajstić information content (AvgIpc) is 3.50. The van der Waals surface area contributed by atoms with Gasteiger partial charge in [0.15, 0.2) is 5.82 Å². The van der Waals surface area contributed by atoms with Crippen molar-refractivity contribution in [3.05, 3.63) is 54.0 Å². The Hall–Kier alpha value is -3.36. The molecule has 3 fully saturated rings. The van der Waals surface area contributed by atoms with Gasteiger partial charge >= 0.3 is 6.01 Å². The number of aromatic nitrogens is 3. The number of ether oxygens (including phenoxy) is 1. The number of hydrogen-bond donors (Lipinski definition) is 1. The molecule has 3 atom stereocenters. The standard InChI is InChI=1S/C30H33FN6O/c1-18-6-3-7-19-8-4-10-23(25(18)19)27-26(31)28-24(14-32-27)29(37-15-20-11-12-21(16-37)33-20)35-30(34-28)38-17-22-9-5-13-36(22)2/h3-4,6-8,10,14,20-22,33H,5,9,11-13,15-17H2,1-2H3/t20-,21+,22?. The molecular formula is C30H33FN6O. The van der Waals surface area contributed by atoms with E-state index in [1.54, 1.807) is 6.20 Å².